The number of thioether (sulfide) groups is 1. The van der Waals surface area contributed by atoms with Crippen LogP contribution in [0.15, 0.2) is 23.1 Å². The summed E-state index contributed by atoms with van der Waals surface area (Å²) in [6.07, 6.45) is 0.868. The van der Waals surface area contributed by atoms with E-state index in [0.29, 0.717) is 5.02 Å². The van der Waals surface area contributed by atoms with Crippen LogP contribution < -0.4 is 10.5 Å². The summed E-state index contributed by atoms with van der Waals surface area (Å²) in [7, 11) is -3.48. The minimum atomic E-state index is -3.48. The molecule has 0 bridgehead atoms. The van der Waals surface area contributed by atoms with Gasteiger partial charge < -0.3 is 5.73 Å². The highest BCUT2D eigenvalue weighted by Crippen LogP contribution is 2.24. The molecule has 94 valence electrons. The number of anilines is 1. The third kappa shape index (κ3) is 3.07. The predicted molar refractivity (Wildman–Crippen MR) is 71.9 cm³/mol. The largest absolute Gasteiger partial charge is 0.397 e. The average molecular weight is 293 g/mol. The quantitative estimate of drug-likeness (QED) is 0.832. The van der Waals surface area contributed by atoms with Crippen molar-refractivity contribution >= 4 is 39.1 Å². The van der Waals surface area contributed by atoms with Gasteiger partial charge in [-0.15, -0.1) is 0 Å². The van der Waals surface area contributed by atoms with Crippen molar-refractivity contribution in [1.82, 2.24) is 4.72 Å². The lowest BCUT2D eigenvalue weighted by atomic mass is 10.3. The van der Waals surface area contributed by atoms with Gasteiger partial charge in [0.15, 0.2) is 0 Å². The van der Waals surface area contributed by atoms with E-state index < -0.39 is 10.0 Å². The maximum absolute atomic E-state index is 12.0. The van der Waals surface area contributed by atoms with Crippen LogP contribution in [-0.4, -0.2) is 26.0 Å². The Morgan fingerprint density at radius 1 is 1.47 bits per heavy atom. The van der Waals surface area contributed by atoms with Gasteiger partial charge in [-0.05, 0) is 30.4 Å². The molecule has 0 amide bonds. The number of nitrogens with two attached hydrogens (primary N) is 1. The molecule has 1 heterocycles. The topological polar surface area (TPSA) is 72.2 Å². The lowest BCUT2D eigenvalue weighted by Gasteiger charge is -2.12. The van der Waals surface area contributed by atoms with Crippen molar-refractivity contribution in [2.24, 2.45) is 0 Å². The molecule has 1 aliphatic rings. The van der Waals surface area contributed by atoms with Crippen molar-refractivity contribution in [3.63, 3.8) is 0 Å². The van der Waals surface area contributed by atoms with Crippen molar-refractivity contribution in [1.29, 1.82) is 0 Å². The van der Waals surface area contributed by atoms with Gasteiger partial charge in [0.1, 0.15) is 0 Å². The Labute approximate surface area is 110 Å². The number of hydrogen-bond donors (Lipinski definition) is 2. The molecule has 0 radical (unpaired) electrons. The normalized spacial score (nSPS) is 20.6. The summed E-state index contributed by atoms with van der Waals surface area (Å²) >= 11 is 7.51. The lowest BCUT2D eigenvalue weighted by Crippen LogP contribution is -2.34. The van der Waals surface area contributed by atoms with Gasteiger partial charge in [-0.3, -0.25) is 0 Å². The molecule has 2 rings (SSSR count). The minimum Gasteiger partial charge on any atom is -0.397 e. The molecular weight excluding hydrogens is 280 g/mol. The van der Waals surface area contributed by atoms with Crippen molar-refractivity contribution in [2.75, 3.05) is 17.2 Å². The van der Waals surface area contributed by atoms with Gasteiger partial charge in [-0.1, -0.05) is 11.6 Å². The van der Waals surface area contributed by atoms with Crippen molar-refractivity contribution in [2.45, 2.75) is 17.4 Å². The SMILES string of the molecule is Nc1cc(S(=O)(=O)NC2CCSC2)ccc1Cl. The summed E-state index contributed by atoms with van der Waals surface area (Å²) < 4.78 is 26.7. The first kappa shape index (κ1) is 13.0. The van der Waals surface area contributed by atoms with Crippen LogP contribution in [0.25, 0.3) is 0 Å². The molecule has 1 fully saturated rings. The maximum atomic E-state index is 12.0. The molecular formula is C10H13ClN2O2S2. The zero-order valence-electron chi connectivity index (χ0n) is 9.02. The first-order chi connectivity index (χ1) is 7.99. The molecule has 4 nitrogen and oxygen atoms in total. The van der Waals surface area contributed by atoms with Crippen LogP contribution in [0.1, 0.15) is 6.42 Å². The van der Waals surface area contributed by atoms with Crippen molar-refractivity contribution in [3.05, 3.63) is 23.2 Å². The van der Waals surface area contributed by atoms with E-state index in [-0.39, 0.29) is 16.6 Å². The van der Waals surface area contributed by atoms with Crippen LogP contribution in [0.5, 0.6) is 0 Å². The second kappa shape index (κ2) is 5.06. The number of halogens is 1. The van der Waals surface area contributed by atoms with Gasteiger partial charge in [0.2, 0.25) is 10.0 Å². The highest BCUT2D eigenvalue weighted by molar-refractivity contribution is 7.99. The number of nitrogen functional groups attached to an aromatic ring is 1. The van der Waals surface area contributed by atoms with Gasteiger partial charge in [0.05, 0.1) is 15.6 Å². The molecule has 1 aliphatic heterocycles. The van der Waals surface area contributed by atoms with Gasteiger partial charge in [0.25, 0.3) is 0 Å². The Bertz CT molecular complexity index is 513. The third-order valence-corrected chi connectivity index (χ3v) is 5.55. The summed E-state index contributed by atoms with van der Waals surface area (Å²) in [6, 6.07) is 4.35. The van der Waals surface area contributed by atoms with E-state index in [1.54, 1.807) is 11.8 Å². The number of rotatable bonds is 3. The van der Waals surface area contributed by atoms with E-state index in [9.17, 15) is 8.42 Å². The fourth-order valence-electron chi connectivity index (χ4n) is 1.60. The van der Waals surface area contributed by atoms with Crippen molar-refractivity contribution < 1.29 is 8.42 Å². The van der Waals surface area contributed by atoms with Gasteiger partial charge >= 0.3 is 0 Å². The van der Waals surface area contributed by atoms with Gasteiger partial charge in [0, 0.05) is 11.8 Å². The standard InChI is InChI=1S/C10H13ClN2O2S2/c11-9-2-1-8(5-10(9)12)17(14,15)13-7-3-4-16-6-7/h1-2,5,7,13H,3-4,6,12H2. The molecule has 17 heavy (non-hydrogen) atoms. The summed E-state index contributed by atoms with van der Waals surface area (Å²) in [5, 5.41) is 0.361. The molecule has 0 aromatic heterocycles. The Morgan fingerprint density at radius 2 is 2.24 bits per heavy atom. The molecule has 0 saturated carbocycles. The Morgan fingerprint density at radius 3 is 2.82 bits per heavy atom. The first-order valence-electron chi connectivity index (χ1n) is 5.14. The van der Waals surface area contributed by atoms with Crippen LogP contribution in [-0.2, 0) is 10.0 Å². The number of benzene rings is 1. The number of sulfonamides is 1. The van der Waals surface area contributed by atoms with Gasteiger partial charge in [-0.2, -0.15) is 11.8 Å². The first-order valence-corrected chi connectivity index (χ1v) is 8.16. The summed E-state index contributed by atoms with van der Waals surface area (Å²) in [6.45, 7) is 0. The van der Waals surface area contributed by atoms with Crippen LogP contribution in [0.3, 0.4) is 0 Å². The average Bonchev–Trinajstić information content (AvgIpc) is 2.73. The molecule has 0 aliphatic carbocycles. The van der Waals surface area contributed by atoms with E-state index in [1.807, 2.05) is 0 Å². The second-order valence-corrected chi connectivity index (χ2v) is 7.14. The molecule has 1 atom stereocenters. The molecule has 1 aromatic rings. The summed E-state index contributed by atoms with van der Waals surface area (Å²) in [4.78, 5) is 0.163. The Hall–Kier alpha value is -0.430. The van der Waals surface area contributed by atoms with E-state index in [4.69, 9.17) is 17.3 Å². The number of nitrogens with one attached hydrogen (secondary N) is 1. The zero-order valence-corrected chi connectivity index (χ0v) is 11.4. The minimum absolute atomic E-state index is 0.0157. The van der Waals surface area contributed by atoms with E-state index in [0.717, 1.165) is 17.9 Å². The molecule has 7 heteroatoms. The van der Waals surface area contributed by atoms with Crippen LogP contribution >= 0.6 is 23.4 Å². The molecule has 3 N–H and O–H groups in total. The van der Waals surface area contributed by atoms with E-state index >= 15 is 0 Å². The Kier molecular flexibility index (Phi) is 3.87. The Balaban J connectivity index is 2.21. The van der Waals surface area contributed by atoms with E-state index in [2.05, 4.69) is 4.72 Å². The number of hydrogen-bond acceptors (Lipinski definition) is 4. The smallest absolute Gasteiger partial charge is 0.240 e. The van der Waals surface area contributed by atoms with E-state index in [1.165, 1.54) is 18.2 Å². The summed E-state index contributed by atoms with van der Waals surface area (Å²) in [5.41, 5.74) is 5.87. The molecule has 1 unspecified atom stereocenters. The van der Waals surface area contributed by atoms with Gasteiger partial charge in [-0.25, -0.2) is 13.1 Å². The predicted octanol–water partition coefficient (Wildman–Crippen LogP) is 1.71. The van der Waals surface area contributed by atoms with Crippen LogP contribution in [0, 0.1) is 0 Å². The van der Waals surface area contributed by atoms with Crippen LogP contribution in [0.2, 0.25) is 5.02 Å². The summed E-state index contributed by atoms with van der Waals surface area (Å²) in [5.74, 6) is 1.82. The maximum Gasteiger partial charge on any atom is 0.240 e. The second-order valence-electron chi connectivity index (χ2n) is 3.87. The van der Waals surface area contributed by atoms with Crippen LogP contribution in [0.4, 0.5) is 5.69 Å². The highest BCUT2D eigenvalue weighted by atomic mass is 35.5. The third-order valence-electron chi connectivity index (χ3n) is 2.53. The molecule has 0 spiro atoms. The fraction of sp³-hybridized carbons (Fsp3) is 0.400. The highest BCUT2D eigenvalue weighted by Gasteiger charge is 2.23. The van der Waals surface area contributed by atoms with Crippen molar-refractivity contribution in [3.8, 4) is 0 Å². The fourth-order valence-corrected chi connectivity index (χ4v) is 4.28. The molecule has 1 saturated heterocycles. The zero-order chi connectivity index (χ0) is 12.5. The monoisotopic (exact) mass is 292 g/mol. The molecule has 1 aromatic carbocycles. The lowest BCUT2D eigenvalue weighted by molar-refractivity contribution is 0.563.